The molecule has 3 rings (SSSR count). The Labute approximate surface area is 149 Å². The van der Waals surface area contributed by atoms with E-state index in [2.05, 4.69) is 45.1 Å². The van der Waals surface area contributed by atoms with Crippen molar-refractivity contribution in [3.05, 3.63) is 52.5 Å². The average molecular weight is 389 g/mol. The van der Waals surface area contributed by atoms with Gasteiger partial charge in [0.2, 0.25) is 0 Å². The minimum Gasteiger partial charge on any atom is -0.343 e. The number of aryl methyl sites for hydroxylation is 1. The third-order valence-electron chi connectivity index (χ3n) is 4.09. The van der Waals surface area contributed by atoms with Gasteiger partial charge in [-0.2, -0.15) is 0 Å². The second-order valence-electron chi connectivity index (χ2n) is 6.16. The van der Waals surface area contributed by atoms with Gasteiger partial charge in [-0.25, -0.2) is 4.98 Å². The van der Waals surface area contributed by atoms with Gasteiger partial charge in [-0.1, -0.05) is 26.0 Å². The number of carbonyl (C=O) groups excluding carboxylic acids is 1. The molecule has 0 aliphatic heterocycles. The van der Waals surface area contributed by atoms with Gasteiger partial charge in [0.15, 0.2) is 0 Å². The van der Waals surface area contributed by atoms with E-state index >= 15 is 0 Å². The predicted octanol–water partition coefficient (Wildman–Crippen LogP) is 4.27. The summed E-state index contributed by atoms with van der Waals surface area (Å²) in [5, 5.41) is 3.12. The molecule has 0 spiro atoms. The Morgan fingerprint density at radius 2 is 2.12 bits per heavy atom. The fourth-order valence-electron chi connectivity index (χ4n) is 2.81. The van der Waals surface area contributed by atoms with Gasteiger partial charge in [0.05, 0.1) is 17.1 Å². The van der Waals surface area contributed by atoms with E-state index < -0.39 is 0 Å². The topological polar surface area (TPSA) is 62.7 Å². The van der Waals surface area contributed by atoms with Gasteiger partial charge in [-0.05, 0) is 47.0 Å². The van der Waals surface area contributed by atoms with Crippen molar-refractivity contribution in [2.45, 2.75) is 33.4 Å². The third-order valence-corrected chi connectivity index (χ3v) is 4.53. The Kier molecular flexibility index (Phi) is 4.76. The molecule has 0 unspecified atom stereocenters. The molecule has 2 aromatic heterocycles. The predicted molar refractivity (Wildman–Crippen MR) is 98.9 cm³/mol. The van der Waals surface area contributed by atoms with Gasteiger partial charge in [0.1, 0.15) is 11.5 Å². The van der Waals surface area contributed by atoms with Crippen molar-refractivity contribution in [1.82, 2.24) is 19.9 Å². The van der Waals surface area contributed by atoms with E-state index in [0.717, 1.165) is 27.9 Å². The number of amides is 1. The van der Waals surface area contributed by atoms with Crippen LogP contribution in [0.3, 0.4) is 0 Å². The quantitative estimate of drug-likeness (QED) is 0.685. The first-order valence-corrected chi connectivity index (χ1v) is 8.90. The molecule has 0 saturated carbocycles. The number of carbonyl (C=O) groups is 1. The molecule has 5 nitrogen and oxygen atoms in total. The number of aromatic amines is 1. The number of hydrogen-bond donors (Lipinski definition) is 2. The second-order valence-corrected chi connectivity index (χ2v) is 7.08. The first kappa shape index (κ1) is 16.8. The summed E-state index contributed by atoms with van der Waals surface area (Å²) in [5.41, 5.74) is 2.53. The lowest BCUT2D eigenvalue weighted by atomic mass is 10.0. The fraction of sp³-hybridized carbons (Fsp3) is 0.333. The van der Waals surface area contributed by atoms with Crippen molar-refractivity contribution in [1.29, 1.82) is 0 Å². The van der Waals surface area contributed by atoms with Crippen molar-refractivity contribution < 1.29 is 4.79 Å². The minimum absolute atomic E-state index is 0.0956. The largest absolute Gasteiger partial charge is 0.343 e. The lowest BCUT2D eigenvalue weighted by molar-refractivity contribution is 0.0914. The summed E-state index contributed by atoms with van der Waals surface area (Å²) in [5.74, 6) is 0.901. The Morgan fingerprint density at radius 3 is 2.79 bits per heavy atom. The summed E-state index contributed by atoms with van der Waals surface area (Å²) in [6, 6.07) is 9.55. The molecule has 6 heteroatoms. The Bertz CT molecular complexity index is 832. The van der Waals surface area contributed by atoms with Crippen LogP contribution in [0.25, 0.3) is 11.0 Å². The van der Waals surface area contributed by atoms with E-state index in [4.69, 9.17) is 0 Å². The molecule has 0 aliphatic carbocycles. The molecular formula is C18H21BrN4O. The molecule has 0 fully saturated rings. The summed E-state index contributed by atoms with van der Waals surface area (Å²) in [6.45, 7) is 6.91. The number of H-pyrrole nitrogens is 1. The van der Waals surface area contributed by atoms with Crippen LogP contribution in [0.5, 0.6) is 0 Å². The highest BCUT2D eigenvalue weighted by Gasteiger charge is 2.23. The number of nitrogens with one attached hydrogen (secondary N) is 2. The Morgan fingerprint density at radius 1 is 1.38 bits per heavy atom. The molecule has 3 aromatic rings. The first-order valence-electron chi connectivity index (χ1n) is 8.10. The average Bonchev–Trinajstić information content (AvgIpc) is 3.14. The zero-order chi connectivity index (χ0) is 17.3. The highest BCUT2D eigenvalue weighted by Crippen LogP contribution is 2.23. The van der Waals surface area contributed by atoms with Crippen molar-refractivity contribution in [3.8, 4) is 0 Å². The van der Waals surface area contributed by atoms with E-state index in [0.29, 0.717) is 5.69 Å². The maximum Gasteiger partial charge on any atom is 0.268 e. The van der Waals surface area contributed by atoms with Crippen molar-refractivity contribution in [3.63, 3.8) is 0 Å². The second kappa shape index (κ2) is 6.81. The number of rotatable bonds is 5. The fourth-order valence-corrected chi connectivity index (χ4v) is 3.28. The third kappa shape index (κ3) is 3.24. The van der Waals surface area contributed by atoms with Crippen LogP contribution < -0.4 is 5.32 Å². The van der Waals surface area contributed by atoms with Crippen molar-refractivity contribution in [2.75, 3.05) is 0 Å². The molecule has 2 N–H and O–H groups in total. The Balaban J connectivity index is 1.90. The number of hydrogen-bond acceptors (Lipinski definition) is 2. The van der Waals surface area contributed by atoms with Crippen LogP contribution in [0.4, 0.5) is 0 Å². The van der Waals surface area contributed by atoms with Crippen LogP contribution in [0, 0.1) is 5.92 Å². The monoisotopic (exact) mass is 388 g/mol. The lowest BCUT2D eigenvalue weighted by Gasteiger charge is -2.20. The van der Waals surface area contributed by atoms with E-state index in [1.807, 2.05) is 48.0 Å². The summed E-state index contributed by atoms with van der Waals surface area (Å²) in [6.07, 6.45) is 1.92. The van der Waals surface area contributed by atoms with Gasteiger partial charge in [-0.3, -0.25) is 4.79 Å². The molecule has 24 heavy (non-hydrogen) atoms. The van der Waals surface area contributed by atoms with Gasteiger partial charge < -0.3 is 14.9 Å². The molecule has 126 valence electrons. The smallest absolute Gasteiger partial charge is 0.268 e. The van der Waals surface area contributed by atoms with E-state index in [1.165, 1.54) is 0 Å². The molecule has 0 radical (unpaired) electrons. The summed E-state index contributed by atoms with van der Waals surface area (Å²) < 4.78 is 2.83. The molecule has 1 atom stereocenters. The van der Waals surface area contributed by atoms with Gasteiger partial charge >= 0.3 is 0 Å². The Hall–Kier alpha value is -2.08. The zero-order valence-corrected chi connectivity index (χ0v) is 15.6. The molecule has 2 heterocycles. The van der Waals surface area contributed by atoms with Crippen LogP contribution >= 0.6 is 15.9 Å². The number of fused-ring (bicyclic) bond motifs is 1. The number of nitrogens with zero attached hydrogens (tertiary/aromatic N) is 2. The van der Waals surface area contributed by atoms with E-state index in [-0.39, 0.29) is 17.9 Å². The molecule has 0 aliphatic rings. The van der Waals surface area contributed by atoms with E-state index in [1.54, 1.807) is 0 Å². The number of halogens is 1. The number of imidazole rings is 1. The number of benzene rings is 1. The highest BCUT2D eigenvalue weighted by molar-refractivity contribution is 9.10. The normalized spacial score (nSPS) is 12.7. The maximum absolute atomic E-state index is 12.7. The first-order chi connectivity index (χ1) is 11.5. The molecule has 0 saturated heterocycles. The zero-order valence-electron chi connectivity index (χ0n) is 14.0. The number of para-hydroxylation sites is 2. The lowest BCUT2D eigenvalue weighted by Crippen LogP contribution is -2.33. The summed E-state index contributed by atoms with van der Waals surface area (Å²) in [7, 11) is 0. The van der Waals surface area contributed by atoms with Crippen LogP contribution in [-0.2, 0) is 6.54 Å². The van der Waals surface area contributed by atoms with Crippen LogP contribution in [0.2, 0.25) is 0 Å². The van der Waals surface area contributed by atoms with Crippen LogP contribution in [0.15, 0.2) is 41.0 Å². The molecule has 1 aromatic carbocycles. The van der Waals surface area contributed by atoms with Crippen molar-refractivity contribution in [2.24, 2.45) is 5.92 Å². The maximum atomic E-state index is 12.7. The van der Waals surface area contributed by atoms with Gasteiger partial charge in [-0.15, -0.1) is 0 Å². The van der Waals surface area contributed by atoms with E-state index in [9.17, 15) is 4.79 Å². The minimum atomic E-state index is -0.177. The number of aromatic nitrogens is 3. The highest BCUT2D eigenvalue weighted by atomic mass is 79.9. The molecule has 0 bridgehead atoms. The van der Waals surface area contributed by atoms with Crippen LogP contribution in [-0.4, -0.2) is 20.4 Å². The van der Waals surface area contributed by atoms with Crippen LogP contribution in [0.1, 0.15) is 43.1 Å². The standard InChI is InChI=1S/C18H21BrN4O/c1-4-23-10-12(19)9-15(23)18(24)22-16(11(2)3)17-20-13-7-5-6-8-14(13)21-17/h5-11,16H,4H2,1-3H3,(H,20,21)(H,22,24)/t16-/m0/s1. The summed E-state index contributed by atoms with van der Waals surface area (Å²) in [4.78, 5) is 20.7. The van der Waals surface area contributed by atoms with Gasteiger partial charge in [0, 0.05) is 17.2 Å². The SMILES string of the molecule is CCn1cc(Br)cc1C(=O)N[C@H](c1nc2ccccc2[nH]1)C(C)C. The molecule has 1 amide bonds. The van der Waals surface area contributed by atoms with Crippen molar-refractivity contribution >= 4 is 32.9 Å². The molecular weight excluding hydrogens is 368 g/mol. The van der Waals surface area contributed by atoms with Gasteiger partial charge in [0.25, 0.3) is 5.91 Å². The summed E-state index contributed by atoms with van der Waals surface area (Å²) >= 11 is 3.44.